The fourth-order valence-corrected chi connectivity index (χ4v) is 3.28. The van der Waals surface area contributed by atoms with E-state index < -0.39 is 0 Å². The maximum Gasteiger partial charge on any atom is 0.138 e. The van der Waals surface area contributed by atoms with Gasteiger partial charge in [-0.2, -0.15) is 0 Å². The van der Waals surface area contributed by atoms with Crippen molar-refractivity contribution in [2.45, 2.75) is 38.6 Å². The van der Waals surface area contributed by atoms with Gasteiger partial charge in [-0.15, -0.1) is 0 Å². The van der Waals surface area contributed by atoms with Crippen molar-refractivity contribution in [1.82, 2.24) is 0 Å². The van der Waals surface area contributed by atoms with E-state index in [-0.39, 0.29) is 17.8 Å². The fraction of sp³-hybridized carbons (Fsp3) is 0.350. The van der Waals surface area contributed by atoms with E-state index in [1.807, 2.05) is 31.2 Å². The van der Waals surface area contributed by atoms with Crippen LogP contribution in [0.15, 0.2) is 48.5 Å². The molecule has 2 nitrogen and oxygen atoms in total. The summed E-state index contributed by atoms with van der Waals surface area (Å²) in [7, 11) is 0. The summed E-state index contributed by atoms with van der Waals surface area (Å²) in [4.78, 5) is 12.4. The molecule has 0 unspecified atom stereocenters. The summed E-state index contributed by atoms with van der Waals surface area (Å²) in [5, 5.41) is 3.50. The largest absolute Gasteiger partial charge is 0.378 e. The van der Waals surface area contributed by atoms with Gasteiger partial charge >= 0.3 is 0 Å². The van der Waals surface area contributed by atoms with Crippen molar-refractivity contribution in [2.24, 2.45) is 5.92 Å². The highest BCUT2D eigenvalue weighted by atomic mass is 19.1. The van der Waals surface area contributed by atoms with Gasteiger partial charge in [-0.1, -0.05) is 36.2 Å². The number of rotatable bonds is 4. The number of ketones is 1. The van der Waals surface area contributed by atoms with Gasteiger partial charge in [0.05, 0.1) is 6.04 Å². The van der Waals surface area contributed by atoms with Crippen LogP contribution in [0.4, 0.5) is 10.1 Å². The van der Waals surface area contributed by atoms with Crippen LogP contribution in [0.1, 0.15) is 42.9 Å². The summed E-state index contributed by atoms with van der Waals surface area (Å²) in [5.41, 5.74) is 3.15. The smallest absolute Gasteiger partial charge is 0.138 e. The zero-order valence-electron chi connectivity index (χ0n) is 13.4. The summed E-state index contributed by atoms with van der Waals surface area (Å²) in [6.45, 7) is 2.05. The Bertz CT molecular complexity index is 663. The van der Waals surface area contributed by atoms with Crippen LogP contribution in [0.25, 0.3) is 0 Å². The van der Waals surface area contributed by atoms with Crippen LogP contribution in [0.2, 0.25) is 0 Å². The first-order valence-corrected chi connectivity index (χ1v) is 8.25. The van der Waals surface area contributed by atoms with Gasteiger partial charge in [0.1, 0.15) is 11.6 Å². The van der Waals surface area contributed by atoms with Crippen molar-refractivity contribution in [1.29, 1.82) is 0 Å². The summed E-state index contributed by atoms with van der Waals surface area (Å²) >= 11 is 0. The Kier molecular flexibility index (Phi) is 4.75. The maximum atomic E-state index is 13.3. The summed E-state index contributed by atoms with van der Waals surface area (Å²) in [6.07, 6.45) is 3.59. The van der Waals surface area contributed by atoms with E-state index in [0.29, 0.717) is 12.2 Å². The normalized spacial score (nSPS) is 19.4. The number of benzene rings is 2. The van der Waals surface area contributed by atoms with Crippen LogP contribution in [0.3, 0.4) is 0 Å². The molecule has 1 aliphatic rings. The fourth-order valence-electron chi connectivity index (χ4n) is 3.28. The Morgan fingerprint density at radius 3 is 2.39 bits per heavy atom. The number of Topliss-reactive ketones (excluding diaryl/α,β-unsaturated/α-hetero) is 1. The molecule has 3 heteroatoms. The van der Waals surface area contributed by atoms with Crippen LogP contribution in [-0.4, -0.2) is 5.78 Å². The van der Waals surface area contributed by atoms with Crippen LogP contribution in [-0.2, 0) is 4.79 Å². The van der Waals surface area contributed by atoms with Crippen LogP contribution >= 0.6 is 0 Å². The van der Waals surface area contributed by atoms with Crippen molar-refractivity contribution in [3.63, 3.8) is 0 Å². The molecule has 1 saturated carbocycles. The number of carbonyl (C=O) groups excluding carboxylic acids is 1. The average molecular weight is 311 g/mol. The highest BCUT2D eigenvalue weighted by molar-refractivity contribution is 5.83. The lowest BCUT2D eigenvalue weighted by molar-refractivity contribution is -0.125. The molecule has 2 aromatic carbocycles. The number of carbonyl (C=O) groups is 1. The average Bonchev–Trinajstić information content (AvgIpc) is 2.56. The minimum Gasteiger partial charge on any atom is -0.378 e. The topological polar surface area (TPSA) is 29.1 Å². The highest BCUT2D eigenvalue weighted by Crippen LogP contribution is 2.35. The molecule has 3 rings (SSSR count). The van der Waals surface area contributed by atoms with Crippen molar-refractivity contribution < 1.29 is 9.18 Å². The van der Waals surface area contributed by atoms with Gasteiger partial charge in [0, 0.05) is 18.0 Å². The van der Waals surface area contributed by atoms with Crippen molar-refractivity contribution in [3.8, 4) is 0 Å². The predicted octanol–water partition coefficient (Wildman–Crippen LogP) is 5.05. The lowest BCUT2D eigenvalue weighted by Gasteiger charge is -2.31. The van der Waals surface area contributed by atoms with Crippen molar-refractivity contribution in [3.05, 3.63) is 65.5 Å². The first kappa shape index (κ1) is 15.7. The number of aryl methyl sites for hydroxylation is 1. The van der Waals surface area contributed by atoms with E-state index >= 15 is 0 Å². The molecule has 0 spiro atoms. The lowest BCUT2D eigenvalue weighted by Crippen LogP contribution is -2.30. The predicted molar refractivity (Wildman–Crippen MR) is 90.9 cm³/mol. The first-order valence-electron chi connectivity index (χ1n) is 8.25. The molecule has 0 saturated heterocycles. The second-order valence-corrected chi connectivity index (χ2v) is 6.36. The second kappa shape index (κ2) is 6.95. The molecular weight excluding hydrogens is 289 g/mol. The van der Waals surface area contributed by atoms with E-state index in [1.165, 1.54) is 17.7 Å². The highest BCUT2D eigenvalue weighted by Gasteiger charge is 2.31. The number of hydrogen-bond donors (Lipinski definition) is 1. The van der Waals surface area contributed by atoms with Gasteiger partial charge in [0.25, 0.3) is 0 Å². The Balaban J connectivity index is 1.90. The molecule has 2 atom stereocenters. The Morgan fingerprint density at radius 1 is 1.04 bits per heavy atom. The molecular formula is C20H22FNO. The standard InChI is InChI=1S/C20H22FNO/c1-14-6-12-17(13-7-14)22-20(15-8-10-16(21)11-9-15)18-4-2-3-5-19(18)23/h6-13,18,20,22H,2-5H2,1H3/t18-,20+/m1/s1. The molecule has 0 heterocycles. The summed E-state index contributed by atoms with van der Waals surface area (Å²) in [5.74, 6) is 0.0125. The Labute approximate surface area is 136 Å². The first-order chi connectivity index (χ1) is 11.1. The molecule has 2 aromatic rings. The van der Waals surface area contributed by atoms with Gasteiger partial charge in [0.15, 0.2) is 0 Å². The third-order valence-corrected chi connectivity index (χ3v) is 4.61. The molecule has 0 radical (unpaired) electrons. The molecule has 120 valence electrons. The molecule has 1 aliphatic carbocycles. The third-order valence-electron chi connectivity index (χ3n) is 4.61. The molecule has 0 aromatic heterocycles. The zero-order valence-corrected chi connectivity index (χ0v) is 13.4. The third kappa shape index (κ3) is 3.79. The van der Waals surface area contributed by atoms with E-state index in [4.69, 9.17) is 0 Å². The summed E-state index contributed by atoms with van der Waals surface area (Å²) in [6, 6.07) is 14.5. The van der Waals surface area contributed by atoms with Crippen molar-refractivity contribution in [2.75, 3.05) is 5.32 Å². The lowest BCUT2D eigenvalue weighted by atomic mass is 9.80. The van der Waals surface area contributed by atoms with Gasteiger partial charge in [-0.05, 0) is 49.6 Å². The van der Waals surface area contributed by atoms with E-state index in [9.17, 15) is 9.18 Å². The molecule has 0 amide bonds. The SMILES string of the molecule is Cc1ccc(N[C@@H](c2ccc(F)cc2)[C@@H]2CCCCC2=O)cc1. The Morgan fingerprint density at radius 2 is 1.74 bits per heavy atom. The van der Waals surface area contributed by atoms with Crippen molar-refractivity contribution >= 4 is 11.5 Å². The molecule has 1 fully saturated rings. The minimum absolute atomic E-state index is 0.0458. The zero-order chi connectivity index (χ0) is 16.2. The van der Waals surface area contributed by atoms with Crippen LogP contribution in [0, 0.1) is 18.7 Å². The van der Waals surface area contributed by atoms with E-state index in [1.54, 1.807) is 12.1 Å². The van der Waals surface area contributed by atoms with E-state index in [2.05, 4.69) is 5.32 Å². The van der Waals surface area contributed by atoms with E-state index in [0.717, 1.165) is 30.5 Å². The van der Waals surface area contributed by atoms with Gasteiger partial charge in [-0.25, -0.2) is 4.39 Å². The maximum absolute atomic E-state index is 13.3. The second-order valence-electron chi connectivity index (χ2n) is 6.36. The Hall–Kier alpha value is -2.16. The molecule has 23 heavy (non-hydrogen) atoms. The van der Waals surface area contributed by atoms with Gasteiger partial charge < -0.3 is 5.32 Å². The van der Waals surface area contributed by atoms with Gasteiger partial charge in [-0.3, -0.25) is 4.79 Å². The van der Waals surface area contributed by atoms with Crippen LogP contribution < -0.4 is 5.32 Å². The summed E-state index contributed by atoms with van der Waals surface area (Å²) < 4.78 is 13.3. The molecule has 1 N–H and O–H groups in total. The van der Waals surface area contributed by atoms with Gasteiger partial charge in [0.2, 0.25) is 0 Å². The molecule has 0 aliphatic heterocycles. The quantitative estimate of drug-likeness (QED) is 0.856. The minimum atomic E-state index is -0.252. The number of hydrogen-bond acceptors (Lipinski definition) is 2. The monoisotopic (exact) mass is 311 g/mol. The number of anilines is 1. The number of nitrogens with one attached hydrogen (secondary N) is 1. The van der Waals surface area contributed by atoms with Crippen LogP contribution in [0.5, 0.6) is 0 Å². The number of halogens is 1. The molecule has 0 bridgehead atoms.